The summed E-state index contributed by atoms with van der Waals surface area (Å²) in [4.78, 5) is 30.6. The SMILES string of the molecule is COCCCn1cnc2c(-c3ccccc3)cn(CC(=O)Nc3cccc(C(F)(F)F)c3)c2c1=O. The van der Waals surface area contributed by atoms with Crippen molar-refractivity contribution in [1.29, 1.82) is 0 Å². The predicted octanol–water partition coefficient (Wildman–Crippen LogP) is 4.56. The molecule has 0 saturated carbocycles. The Morgan fingerprint density at radius 1 is 1.09 bits per heavy atom. The third-order valence-electron chi connectivity index (χ3n) is 5.46. The number of carbonyl (C=O) groups is 1. The third kappa shape index (κ3) is 5.43. The molecule has 0 unspecified atom stereocenters. The second kappa shape index (κ2) is 10.1. The average molecular weight is 484 g/mol. The summed E-state index contributed by atoms with van der Waals surface area (Å²) in [6.07, 6.45) is -0.785. The van der Waals surface area contributed by atoms with Gasteiger partial charge in [-0.05, 0) is 30.2 Å². The van der Waals surface area contributed by atoms with Crippen LogP contribution in [0.5, 0.6) is 0 Å². The van der Waals surface area contributed by atoms with Crippen molar-refractivity contribution in [2.45, 2.75) is 25.7 Å². The van der Waals surface area contributed by atoms with E-state index in [0.29, 0.717) is 30.7 Å². The van der Waals surface area contributed by atoms with Crippen LogP contribution >= 0.6 is 0 Å². The van der Waals surface area contributed by atoms with Gasteiger partial charge in [0, 0.05) is 37.7 Å². The molecule has 0 saturated heterocycles. The molecule has 10 heteroatoms. The van der Waals surface area contributed by atoms with Crippen LogP contribution in [0.3, 0.4) is 0 Å². The maximum absolute atomic E-state index is 13.3. The number of nitrogens with one attached hydrogen (secondary N) is 1. The number of nitrogens with zero attached hydrogens (tertiary/aromatic N) is 3. The van der Waals surface area contributed by atoms with Gasteiger partial charge in [0.25, 0.3) is 5.56 Å². The molecule has 0 aliphatic heterocycles. The van der Waals surface area contributed by atoms with Crippen molar-refractivity contribution in [2.75, 3.05) is 19.0 Å². The van der Waals surface area contributed by atoms with Crippen LogP contribution in [0.1, 0.15) is 12.0 Å². The molecule has 4 rings (SSSR count). The second-order valence-electron chi connectivity index (χ2n) is 7.95. The zero-order chi connectivity index (χ0) is 25.0. The summed E-state index contributed by atoms with van der Waals surface area (Å²) in [6.45, 7) is 0.580. The van der Waals surface area contributed by atoms with Crippen molar-refractivity contribution >= 4 is 22.6 Å². The highest BCUT2D eigenvalue weighted by molar-refractivity contribution is 5.95. The number of amides is 1. The maximum atomic E-state index is 13.3. The van der Waals surface area contributed by atoms with Gasteiger partial charge < -0.3 is 14.6 Å². The predicted molar refractivity (Wildman–Crippen MR) is 126 cm³/mol. The van der Waals surface area contributed by atoms with Crippen LogP contribution in [-0.4, -0.2) is 33.7 Å². The molecule has 2 aromatic heterocycles. The number of alkyl halides is 3. The molecule has 2 aromatic carbocycles. The molecule has 2 heterocycles. The van der Waals surface area contributed by atoms with Crippen molar-refractivity contribution in [3.63, 3.8) is 0 Å². The van der Waals surface area contributed by atoms with E-state index in [1.54, 1.807) is 13.3 Å². The Kier molecular flexibility index (Phi) is 7.02. The lowest BCUT2D eigenvalue weighted by molar-refractivity contribution is -0.137. The van der Waals surface area contributed by atoms with Gasteiger partial charge in [-0.25, -0.2) is 4.98 Å². The molecule has 7 nitrogen and oxygen atoms in total. The molecule has 1 N–H and O–H groups in total. The van der Waals surface area contributed by atoms with Crippen LogP contribution in [0.15, 0.2) is 71.9 Å². The lowest BCUT2D eigenvalue weighted by atomic mass is 10.1. The van der Waals surface area contributed by atoms with Gasteiger partial charge >= 0.3 is 6.18 Å². The highest BCUT2D eigenvalue weighted by Gasteiger charge is 2.30. The Morgan fingerprint density at radius 3 is 2.57 bits per heavy atom. The van der Waals surface area contributed by atoms with Gasteiger partial charge in [0.05, 0.1) is 11.9 Å². The molecule has 0 aliphatic carbocycles. The second-order valence-corrected chi connectivity index (χ2v) is 7.95. The van der Waals surface area contributed by atoms with E-state index in [2.05, 4.69) is 10.3 Å². The molecule has 0 aliphatic rings. The fourth-order valence-electron chi connectivity index (χ4n) is 3.84. The van der Waals surface area contributed by atoms with E-state index in [4.69, 9.17) is 4.74 Å². The summed E-state index contributed by atoms with van der Waals surface area (Å²) in [5.74, 6) is -0.574. The van der Waals surface area contributed by atoms with Crippen LogP contribution in [0.4, 0.5) is 18.9 Å². The van der Waals surface area contributed by atoms with Gasteiger partial charge in [0.15, 0.2) is 0 Å². The molecule has 0 atom stereocenters. The van der Waals surface area contributed by atoms with E-state index < -0.39 is 17.6 Å². The number of anilines is 1. The summed E-state index contributed by atoms with van der Waals surface area (Å²) in [5, 5.41) is 2.49. The molecule has 0 radical (unpaired) electrons. The van der Waals surface area contributed by atoms with Gasteiger partial charge in [-0.3, -0.25) is 14.2 Å². The Morgan fingerprint density at radius 2 is 1.86 bits per heavy atom. The van der Waals surface area contributed by atoms with Gasteiger partial charge in [0.1, 0.15) is 17.6 Å². The van der Waals surface area contributed by atoms with Crippen LogP contribution in [0.2, 0.25) is 0 Å². The molecular weight excluding hydrogens is 461 g/mol. The first-order chi connectivity index (χ1) is 16.8. The zero-order valence-electron chi connectivity index (χ0n) is 18.9. The lowest BCUT2D eigenvalue weighted by Gasteiger charge is -2.11. The molecule has 182 valence electrons. The van der Waals surface area contributed by atoms with Gasteiger partial charge in [-0.1, -0.05) is 36.4 Å². The standard InChI is InChI=1S/C25H23F3N4O3/c1-35-12-6-11-31-16-29-22-20(17-7-3-2-4-8-17)14-32(23(22)24(31)34)15-21(33)30-19-10-5-9-18(13-19)25(26,27)28/h2-5,7-10,13-14,16H,6,11-12,15H2,1H3,(H,30,33). The Bertz CT molecular complexity index is 1390. The minimum Gasteiger partial charge on any atom is -0.385 e. The van der Waals surface area contributed by atoms with Crippen LogP contribution in [0.25, 0.3) is 22.2 Å². The largest absolute Gasteiger partial charge is 0.416 e. The number of aryl methyl sites for hydroxylation is 1. The average Bonchev–Trinajstić information content (AvgIpc) is 3.19. The zero-order valence-corrected chi connectivity index (χ0v) is 18.9. The summed E-state index contributed by atoms with van der Waals surface area (Å²) >= 11 is 0. The number of methoxy groups -OCH3 is 1. The number of halogens is 3. The third-order valence-corrected chi connectivity index (χ3v) is 5.46. The topological polar surface area (TPSA) is 78.2 Å². The summed E-state index contributed by atoms with van der Waals surface area (Å²) < 4.78 is 47.0. The number of aromatic nitrogens is 3. The lowest BCUT2D eigenvalue weighted by Crippen LogP contribution is -2.25. The van der Waals surface area contributed by atoms with Crippen molar-refractivity contribution in [2.24, 2.45) is 0 Å². The van der Waals surface area contributed by atoms with Gasteiger partial charge in [0.2, 0.25) is 5.91 Å². The Balaban J connectivity index is 1.69. The van der Waals surface area contributed by atoms with E-state index in [-0.39, 0.29) is 23.3 Å². The number of benzene rings is 2. The number of ether oxygens (including phenoxy) is 1. The number of hydrogen-bond acceptors (Lipinski definition) is 4. The van der Waals surface area contributed by atoms with E-state index in [1.165, 1.54) is 27.6 Å². The van der Waals surface area contributed by atoms with Crippen LogP contribution in [-0.2, 0) is 28.8 Å². The van der Waals surface area contributed by atoms with Crippen molar-refractivity contribution in [3.05, 3.63) is 83.0 Å². The van der Waals surface area contributed by atoms with Crippen molar-refractivity contribution in [3.8, 4) is 11.1 Å². The normalized spacial score (nSPS) is 11.7. The quantitative estimate of drug-likeness (QED) is 0.372. The molecule has 0 fully saturated rings. The van der Waals surface area contributed by atoms with E-state index >= 15 is 0 Å². The van der Waals surface area contributed by atoms with Gasteiger partial charge in [-0.2, -0.15) is 13.2 Å². The van der Waals surface area contributed by atoms with E-state index in [1.807, 2.05) is 30.3 Å². The first-order valence-corrected chi connectivity index (χ1v) is 10.9. The van der Waals surface area contributed by atoms with Crippen LogP contribution < -0.4 is 10.9 Å². The maximum Gasteiger partial charge on any atom is 0.416 e. The molecule has 35 heavy (non-hydrogen) atoms. The smallest absolute Gasteiger partial charge is 0.385 e. The first-order valence-electron chi connectivity index (χ1n) is 10.9. The van der Waals surface area contributed by atoms with Crippen molar-refractivity contribution in [1.82, 2.24) is 14.1 Å². The monoisotopic (exact) mass is 484 g/mol. The highest BCUT2D eigenvalue weighted by atomic mass is 19.4. The van der Waals surface area contributed by atoms with E-state index in [0.717, 1.165) is 17.7 Å². The molecule has 1 amide bonds. The molecule has 0 bridgehead atoms. The highest BCUT2D eigenvalue weighted by Crippen LogP contribution is 2.31. The number of fused-ring (bicyclic) bond motifs is 1. The fraction of sp³-hybridized carbons (Fsp3) is 0.240. The summed E-state index contributed by atoms with van der Waals surface area (Å²) in [6, 6.07) is 13.7. The number of rotatable bonds is 8. The number of carbonyl (C=O) groups excluding carboxylic acids is 1. The van der Waals surface area contributed by atoms with Crippen LogP contribution in [0, 0.1) is 0 Å². The minimum atomic E-state index is -4.53. The molecular formula is C25H23F3N4O3. The van der Waals surface area contributed by atoms with Gasteiger partial charge in [-0.15, -0.1) is 0 Å². The first kappa shape index (κ1) is 24.2. The molecule has 4 aromatic rings. The molecule has 0 spiro atoms. The summed E-state index contributed by atoms with van der Waals surface area (Å²) in [7, 11) is 1.57. The Labute approximate surface area is 198 Å². The number of hydrogen-bond donors (Lipinski definition) is 1. The summed E-state index contributed by atoms with van der Waals surface area (Å²) in [5.41, 5.74) is 1.00. The Hall–Kier alpha value is -3.92. The minimum absolute atomic E-state index is 0.0136. The fourth-order valence-corrected chi connectivity index (χ4v) is 3.84. The van der Waals surface area contributed by atoms with Crippen molar-refractivity contribution < 1.29 is 22.7 Å². The van der Waals surface area contributed by atoms with E-state index in [9.17, 15) is 22.8 Å².